The number of carbonyl (C=O) groups excluding carboxylic acids is 2. The number of hydrogen-bond donors (Lipinski definition) is 2. The third-order valence-electron chi connectivity index (χ3n) is 4.40. The van der Waals surface area contributed by atoms with Crippen molar-refractivity contribution in [3.05, 3.63) is 33.7 Å². The van der Waals surface area contributed by atoms with Crippen molar-refractivity contribution in [2.24, 2.45) is 0 Å². The molecule has 26 heavy (non-hydrogen) atoms. The number of rotatable bonds is 8. The van der Waals surface area contributed by atoms with E-state index in [4.69, 9.17) is 9.47 Å². The Morgan fingerprint density at radius 1 is 1.46 bits per heavy atom. The Labute approximate surface area is 157 Å². The third-order valence-corrected chi connectivity index (χ3v) is 5.26. The molecule has 0 spiro atoms. The van der Waals surface area contributed by atoms with Gasteiger partial charge in [-0.3, -0.25) is 4.90 Å². The lowest BCUT2D eigenvalue weighted by Gasteiger charge is -2.29. The molecule has 8 heteroatoms. The zero-order valence-corrected chi connectivity index (χ0v) is 15.8. The maximum Gasteiger partial charge on any atom is 0.337 e. The van der Waals surface area contributed by atoms with Crippen molar-refractivity contribution in [3.8, 4) is 0 Å². The van der Waals surface area contributed by atoms with Gasteiger partial charge in [0.1, 0.15) is 0 Å². The van der Waals surface area contributed by atoms with Gasteiger partial charge in [-0.1, -0.05) is 6.07 Å². The van der Waals surface area contributed by atoms with Gasteiger partial charge >= 0.3 is 12.0 Å². The first kappa shape index (κ1) is 18.9. The molecule has 2 aliphatic rings. The minimum absolute atomic E-state index is 0.187. The van der Waals surface area contributed by atoms with Crippen LogP contribution in [0.15, 0.2) is 28.8 Å². The average Bonchev–Trinajstić information content (AvgIpc) is 3.29. The molecule has 1 fully saturated rings. The lowest BCUT2D eigenvalue weighted by Crippen LogP contribution is -2.47. The molecule has 1 aromatic rings. The van der Waals surface area contributed by atoms with E-state index in [9.17, 15) is 9.59 Å². The summed E-state index contributed by atoms with van der Waals surface area (Å²) in [6.45, 7) is 5.05. The summed E-state index contributed by atoms with van der Waals surface area (Å²) in [6, 6.07) is 3.83. The number of nitrogens with one attached hydrogen (secondary N) is 2. The van der Waals surface area contributed by atoms with Gasteiger partial charge in [0, 0.05) is 36.8 Å². The Bertz CT molecular complexity index is 653. The molecular formula is C18H25N3O4S. The van der Waals surface area contributed by atoms with Gasteiger partial charge in [-0.05, 0) is 31.2 Å². The summed E-state index contributed by atoms with van der Waals surface area (Å²) in [5, 5.41) is 7.48. The molecule has 0 bridgehead atoms. The van der Waals surface area contributed by atoms with E-state index in [-0.39, 0.29) is 24.6 Å². The van der Waals surface area contributed by atoms with Crippen LogP contribution in [0.25, 0.3) is 0 Å². The van der Waals surface area contributed by atoms with Crippen LogP contribution in [0, 0.1) is 0 Å². The van der Waals surface area contributed by atoms with E-state index in [2.05, 4.69) is 27.0 Å². The second kappa shape index (κ2) is 9.16. The molecule has 0 radical (unpaired) electrons. The predicted octanol–water partition coefficient (Wildman–Crippen LogP) is 1.86. The van der Waals surface area contributed by atoms with E-state index >= 15 is 0 Å². The van der Waals surface area contributed by atoms with Gasteiger partial charge in [-0.2, -0.15) is 0 Å². The minimum atomic E-state index is -0.386. The molecule has 0 aliphatic carbocycles. The molecular weight excluding hydrogens is 354 g/mol. The maximum absolute atomic E-state index is 12.2. The highest BCUT2D eigenvalue weighted by Crippen LogP contribution is 2.19. The fourth-order valence-electron chi connectivity index (χ4n) is 3.19. The number of nitrogens with zero attached hydrogens (tertiary/aromatic N) is 1. The van der Waals surface area contributed by atoms with Crippen molar-refractivity contribution < 1.29 is 19.1 Å². The van der Waals surface area contributed by atoms with Crippen LogP contribution < -0.4 is 10.6 Å². The molecule has 1 atom stereocenters. The first-order chi connectivity index (χ1) is 12.7. The summed E-state index contributed by atoms with van der Waals surface area (Å²) in [5.41, 5.74) is 1.09. The molecule has 0 saturated carbocycles. The van der Waals surface area contributed by atoms with Crippen molar-refractivity contribution in [3.63, 3.8) is 0 Å². The summed E-state index contributed by atoms with van der Waals surface area (Å²) < 4.78 is 10.9. The van der Waals surface area contributed by atoms with Crippen LogP contribution >= 0.6 is 11.3 Å². The molecule has 142 valence electrons. The standard InChI is InChI=1S/C18H25N3O4S/c1-2-24-17(22)15-9-19-18(23)20-16(15)12-21(10-13-5-3-7-25-13)11-14-6-4-8-26-14/h4,6,8,13H,2-3,5,7,9-12H2,1H3,(H2,19,20,23). The van der Waals surface area contributed by atoms with Gasteiger partial charge in [0.2, 0.25) is 0 Å². The number of thiophene rings is 1. The summed E-state index contributed by atoms with van der Waals surface area (Å²) >= 11 is 1.70. The Kier molecular flexibility index (Phi) is 6.65. The van der Waals surface area contributed by atoms with Crippen LogP contribution in [-0.2, 0) is 20.8 Å². The highest BCUT2D eigenvalue weighted by Gasteiger charge is 2.27. The van der Waals surface area contributed by atoms with Crippen LogP contribution in [0.4, 0.5) is 4.79 Å². The normalized spacial score (nSPS) is 20.2. The van der Waals surface area contributed by atoms with Crippen molar-refractivity contribution in [1.82, 2.24) is 15.5 Å². The summed E-state index contributed by atoms with van der Waals surface area (Å²) in [7, 11) is 0. The number of ether oxygens (including phenoxy) is 2. The molecule has 2 aliphatic heterocycles. The van der Waals surface area contributed by atoms with Crippen LogP contribution in [0.2, 0.25) is 0 Å². The molecule has 0 aromatic carbocycles. The largest absolute Gasteiger partial charge is 0.463 e. The number of urea groups is 1. The summed E-state index contributed by atoms with van der Waals surface area (Å²) in [4.78, 5) is 27.5. The molecule has 1 aromatic heterocycles. The van der Waals surface area contributed by atoms with Crippen molar-refractivity contribution in [2.75, 3.05) is 32.8 Å². The summed E-state index contributed by atoms with van der Waals surface area (Å²) in [5.74, 6) is -0.386. The molecule has 1 unspecified atom stereocenters. The SMILES string of the molecule is CCOC(=O)C1=C(CN(Cc2cccs2)CC2CCCO2)NC(=O)NC1. The van der Waals surface area contributed by atoms with Gasteiger partial charge in [-0.25, -0.2) is 9.59 Å². The Morgan fingerprint density at radius 2 is 2.35 bits per heavy atom. The fourth-order valence-corrected chi connectivity index (χ4v) is 3.93. The molecule has 3 rings (SSSR count). The van der Waals surface area contributed by atoms with Crippen molar-refractivity contribution >= 4 is 23.3 Å². The van der Waals surface area contributed by atoms with Crippen LogP contribution in [0.3, 0.4) is 0 Å². The quantitative estimate of drug-likeness (QED) is 0.674. The zero-order valence-electron chi connectivity index (χ0n) is 15.0. The van der Waals surface area contributed by atoms with E-state index in [0.717, 1.165) is 32.5 Å². The number of esters is 1. The third kappa shape index (κ3) is 5.06. The topological polar surface area (TPSA) is 79.9 Å². The second-order valence-corrected chi connectivity index (χ2v) is 7.40. The summed E-state index contributed by atoms with van der Waals surface area (Å²) in [6.07, 6.45) is 2.31. The van der Waals surface area contributed by atoms with E-state index < -0.39 is 0 Å². The predicted molar refractivity (Wildman–Crippen MR) is 98.8 cm³/mol. The first-order valence-electron chi connectivity index (χ1n) is 8.96. The lowest BCUT2D eigenvalue weighted by molar-refractivity contribution is -0.138. The molecule has 7 nitrogen and oxygen atoms in total. The Balaban J connectivity index is 1.76. The maximum atomic E-state index is 12.2. The van der Waals surface area contributed by atoms with Crippen molar-refractivity contribution in [1.29, 1.82) is 0 Å². The highest BCUT2D eigenvalue weighted by atomic mass is 32.1. The fraction of sp³-hybridized carbons (Fsp3) is 0.556. The monoisotopic (exact) mass is 379 g/mol. The molecule has 1 saturated heterocycles. The lowest BCUT2D eigenvalue weighted by atomic mass is 10.1. The average molecular weight is 379 g/mol. The molecule has 2 amide bonds. The first-order valence-corrected chi connectivity index (χ1v) is 9.84. The van der Waals surface area contributed by atoms with Gasteiger partial charge in [0.05, 0.1) is 24.8 Å². The smallest absolute Gasteiger partial charge is 0.337 e. The molecule has 3 heterocycles. The van der Waals surface area contributed by atoms with Gasteiger partial charge in [0.25, 0.3) is 0 Å². The van der Waals surface area contributed by atoms with E-state index in [1.807, 2.05) is 6.07 Å². The number of hydrogen-bond acceptors (Lipinski definition) is 6. The molecule has 2 N–H and O–H groups in total. The highest BCUT2D eigenvalue weighted by molar-refractivity contribution is 7.09. The van der Waals surface area contributed by atoms with E-state index in [1.54, 1.807) is 18.3 Å². The van der Waals surface area contributed by atoms with E-state index in [0.29, 0.717) is 24.4 Å². The number of carbonyl (C=O) groups is 2. The van der Waals surface area contributed by atoms with Gasteiger partial charge in [0.15, 0.2) is 0 Å². The Hall–Kier alpha value is -1.90. The Morgan fingerprint density at radius 3 is 3.04 bits per heavy atom. The number of amides is 2. The van der Waals surface area contributed by atoms with E-state index in [1.165, 1.54) is 4.88 Å². The van der Waals surface area contributed by atoms with Crippen LogP contribution in [0.1, 0.15) is 24.6 Å². The van der Waals surface area contributed by atoms with Crippen LogP contribution in [-0.4, -0.2) is 55.9 Å². The van der Waals surface area contributed by atoms with Gasteiger partial charge < -0.3 is 20.1 Å². The van der Waals surface area contributed by atoms with Crippen molar-refractivity contribution in [2.45, 2.75) is 32.4 Å². The zero-order chi connectivity index (χ0) is 18.4. The second-order valence-electron chi connectivity index (χ2n) is 6.37. The van der Waals surface area contributed by atoms with Gasteiger partial charge in [-0.15, -0.1) is 11.3 Å². The minimum Gasteiger partial charge on any atom is -0.463 e. The van der Waals surface area contributed by atoms with Crippen LogP contribution in [0.5, 0.6) is 0 Å².